The summed E-state index contributed by atoms with van der Waals surface area (Å²) in [5, 5.41) is 0. The lowest BCUT2D eigenvalue weighted by atomic mass is 9.90. The molecule has 91 heavy (non-hydrogen) atoms. The lowest BCUT2D eigenvalue weighted by Crippen LogP contribution is -2.13. The van der Waals surface area contributed by atoms with E-state index in [1.807, 2.05) is 18.2 Å². The van der Waals surface area contributed by atoms with E-state index >= 15 is 0 Å². The Bertz CT molecular complexity index is 4430. The standard InChI is InChI=1S/C87H70N4/c1-6-24-66(7-2)68-41-49-81(50-42-68)88(82-51-43-69(44-52-82)67-25-13-8-14-26-67)83-36-23-27-70(59-83)71-56-72(58-74(57-71)87-54-53-84(55-65(87)5)89(79-45-37-63(3)38-46-79)80-47-39-64(4)40-48-80)73-60-85(90(75-28-15-9-16-29-75)76-30-17-10-18-31-76)62-86(61-73)91(77-32-19-11-20-33-77)78-34-21-12-22-35-78/h6-62H,1-2H2,3-5H3/b66-24+. The molecule has 0 unspecified atom stereocenters. The third-order valence-corrected chi connectivity index (χ3v) is 16.8. The van der Waals surface area contributed by atoms with Crippen LogP contribution in [0.25, 0.3) is 50.1 Å². The van der Waals surface area contributed by atoms with Gasteiger partial charge in [0.2, 0.25) is 0 Å². The molecule has 13 aromatic carbocycles. The topological polar surface area (TPSA) is 13.0 Å². The second kappa shape index (κ2) is 26.7. The van der Waals surface area contributed by atoms with Crippen molar-refractivity contribution < 1.29 is 0 Å². The molecule has 13 rings (SSSR count). The summed E-state index contributed by atoms with van der Waals surface area (Å²) < 4.78 is 0. The Morgan fingerprint density at radius 1 is 0.253 bits per heavy atom. The van der Waals surface area contributed by atoms with Crippen LogP contribution in [0.3, 0.4) is 0 Å². The van der Waals surface area contributed by atoms with Crippen LogP contribution >= 0.6 is 0 Å². The molecule has 0 bridgehead atoms. The van der Waals surface area contributed by atoms with Crippen molar-refractivity contribution in [2.75, 3.05) is 19.6 Å². The van der Waals surface area contributed by atoms with Crippen molar-refractivity contribution in [2.45, 2.75) is 20.8 Å². The van der Waals surface area contributed by atoms with Crippen LogP contribution in [0.15, 0.2) is 359 Å². The predicted molar refractivity (Wildman–Crippen MR) is 390 cm³/mol. The fraction of sp³-hybridized carbons (Fsp3) is 0.0345. The normalized spacial score (nSPS) is 11.2. The van der Waals surface area contributed by atoms with Crippen LogP contribution in [0, 0.1) is 20.8 Å². The summed E-state index contributed by atoms with van der Waals surface area (Å²) in [5.41, 5.74) is 27.2. The van der Waals surface area contributed by atoms with Crippen molar-refractivity contribution in [3.8, 4) is 44.5 Å². The Labute approximate surface area is 536 Å². The van der Waals surface area contributed by atoms with Crippen LogP contribution in [-0.2, 0) is 0 Å². The SMILES string of the molecule is C=C/C=C(\C=C)c1ccc(N(c2ccc(-c3ccccc3)cc2)c2cccc(-c3cc(-c4cc(N(c5ccccc5)c5ccccc5)cc(N(c5ccccc5)c5ccccc5)c4)cc(-c4ccc(N(c5ccc(C)cc5)c5ccc(C)cc5)cc4C)c3)c2)cc1. The Hall–Kier alpha value is -11.7. The Balaban J connectivity index is 1.03. The zero-order valence-corrected chi connectivity index (χ0v) is 51.6. The quantitative estimate of drug-likeness (QED) is 0.0748. The number of hydrogen-bond donors (Lipinski definition) is 0. The third kappa shape index (κ3) is 12.8. The summed E-state index contributed by atoms with van der Waals surface area (Å²) in [5.74, 6) is 0. The Kier molecular flexibility index (Phi) is 17.1. The monoisotopic (exact) mass is 1170 g/mol. The average molecular weight is 1170 g/mol. The zero-order chi connectivity index (χ0) is 62.0. The molecule has 0 atom stereocenters. The van der Waals surface area contributed by atoms with Gasteiger partial charge >= 0.3 is 0 Å². The number of aryl methyl sites for hydroxylation is 3. The first-order valence-corrected chi connectivity index (χ1v) is 31.0. The van der Waals surface area contributed by atoms with Gasteiger partial charge in [-0.25, -0.2) is 0 Å². The average Bonchev–Trinajstić information content (AvgIpc) is 1.28. The van der Waals surface area contributed by atoms with Crippen LogP contribution in [0.1, 0.15) is 22.3 Å². The van der Waals surface area contributed by atoms with E-state index in [0.29, 0.717) is 0 Å². The summed E-state index contributed by atoms with van der Waals surface area (Å²) in [6, 6.07) is 119. The molecule has 0 saturated heterocycles. The van der Waals surface area contributed by atoms with E-state index in [4.69, 9.17) is 0 Å². The van der Waals surface area contributed by atoms with E-state index in [-0.39, 0.29) is 0 Å². The summed E-state index contributed by atoms with van der Waals surface area (Å²) in [6.45, 7) is 14.6. The van der Waals surface area contributed by atoms with Crippen molar-refractivity contribution in [1.29, 1.82) is 0 Å². The minimum atomic E-state index is 1.01. The van der Waals surface area contributed by atoms with E-state index in [9.17, 15) is 0 Å². The Morgan fingerprint density at radius 2 is 0.582 bits per heavy atom. The maximum absolute atomic E-state index is 4.12. The number of anilines is 12. The highest BCUT2D eigenvalue weighted by atomic mass is 15.2. The maximum atomic E-state index is 4.12. The van der Waals surface area contributed by atoms with Gasteiger partial charge in [-0.2, -0.15) is 0 Å². The zero-order valence-electron chi connectivity index (χ0n) is 51.6. The van der Waals surface area contributed by atoms with Crippen LogP contribution in [0.2, 0.25) is 0 Å². The molecular weight excluding hydrogens is 1100 g/mol. The molecule has 0 N–H and O–H groups in total. The molecule has 0 spiro atoms. The molecule has 0 aliphatic rings. The van der Waals surface area contributed by atoms with Crippen molar-refractivity contribution >= 4 is 73.8 Å². The highest BCUT2D eigenvalue weighted by Gasteiger charge is 2.22. The molecule has 0 fully saturated rings. The van der Waals surface area contributed by atoms with E-state index in [1.165, 1.54) is 16.7 Å². The fourth-order valence-electron chi connectivity index (χ4n) is 12.2. The van der Waals surface area contributed by atoms with Crippen molar-refractivity contribution in [3.63, 3.8) is 0 Å². The van der Waals surface area contributed by atoms with Crippen molar-refractivity contribution in [2.24, 2.45) is 0 Å². The molecule has 0 aromatic heterocycles. The highest BCUT2D eigenvalue weighted by molar-refractivity contribution is 5.92. The third-order valence-electron chi connectivity index (χ3n) is 16.8. The van der Waals surface area contributed by atoms with Gasteiger partial charge in [-0.15, -0.1) is 0 Å². The first-order chi connectivity index (χ1) is 44.7. The minimum Gasteiger partial charge on any atom is -0.310 e. The lowest BCUT2D eigenvalue weighted by molar-refractivity contribution is 1.25. The van der Waals surface area contributed by atoms with Gasteiger partial charge < -0.3 is 19.6 Å². The van der Waals surface area contributed by atoms with Gasteiger partial charge in [0.15, 0.2) is 0 Å². The minimum absolute atomic E-state index is 1.01. The smallest absolute Gasteiger partial charge is 0.0488 e. The number of hydrogen-bond acceptors (Lipinski definition) is 4. The number of allylic oxidation sites excluding steroid dienone is 4. The molecule has 13 aromatic rings. The second-order valence-corrected chi connectivity index (χ2v) is 23.0. The van der Waals surface area contributed by atoms with Crippen LogP contribution in [0.5, 0.6) is 0 Å². The van der Waals surface area contributed by atoms with E-state index in [1.54, 1.807) is 0 Å². The number of nitrogens with zero attached hydrogens (tertiary/aromatic N) is 4. The van der Waals surface area contributed by atoms with Gasteiger partial charge in [-0.1, -0.05) is 212 Å². The number of rotatable bonds is 19. The van der Waals surface area contributed by atoms with E-state index in [0.717, 1.165) is 124 Å². The van der Waals surface area contributed by atoms with Gasteiger partial charge in [-0.3, -0.25) is 0 Å². The van der Waals surface area contributed by atoms with E-state index in [2.05, 4.69) is 381 Å². The van der Waals surface area contributed by atoms with Gasteiger partial charge in [0.25, 0.3) is 0 Å². The number of para-hydroxylation sites is 4. The van der Waals surface area contributed by atoms with Gasteiger partial charge in [0, 0.05) is 68.2 Å². The van der Waals surface area contributed by atoms with Crippen molar-refractivity contribution in [3.05, 3.63) is 381 Å². The first-order valence-electron chi connectivity index (χ1n) is 31.0. The number of benzene rings is 13. The second-order valence-electron chi connectivity index (χ2n) is 23.0. The lowest BCUT2D eigenvalue weighted by Gasteiger charge is -2.30. The van der Waals surface area contributed by atoms with Gasteiger partial charge in [-0.05, 0) is 240 Å². The molecular formula is C87H70N4. The predicted octanol–water partition coefficient (Wildman–Crippen LogP) is 24.9. The van der Waals surface area contributed by atoms with Crippen molar-refractivity contribution in [1.82, 2.24) is 0 Å². The highest BCUT2D eigenvalue weighted by Crippen LogP contribution is 2.47. The summed E-state index contributed by atoms with van der Waals surface area (Å²) in [4.78, 5) is 9.45. The summed E-state index contributed by atoms with van der Waals surface area (Å²) in [7, 11) is 0. The summed E-state index contributed by atoms with van der Waals surface area (Å²) >= 11 is 0. The molecule has 0 aliphatic carbocycles. The molecule has 0 saturated carbocycles. The molecule has 4 nitrogen and oxygen atoms in total. The molecule has 0 amide bonds. The molecule has 0 radical (unpaired) electrons. The van der Waals surface area contributed by atoms with Gasteiger partial charge in [0.05, 0.1) is 0 Å². The Morgan fingerprint density at radius 3 is 1.03 bits per heavy atom. The largest absolute Gasteiger partial charge is 0.310 e. The molecule has 438 valence electrons. The molecule has 0 aliphatic heterocycles. The van der Waals surface area contributed by atoms with Gasteiger partial charge in [0.1, 0.15) is 0 Å². The molecule has 4 heteroatoms. The summed E-state index contributed by atoms with van der Waals surface area (Å²) in [6.07, 6.45) is 5.69. The van der Waals surface area contributed by atoms with E-state index < -0.39 is 0 Å². The maximum Gasteiger partial charge on any atom is 0.0488 e. The fourth-order valence-corrected chi connectivity index (χ4v) is 12.2. The first kappa shape index (κ1) is 58.3. The molecule has 0 heterocycles. The van der Waals surface area contributed by atoms with Crippen LogP contribution in [-0.4, -0.2) is 0 Å². The van der Waals surface area contributed by atoms with Crippen LogP contribution < -0.4 is 19.6 Å². The van der Waals surface area contributed by atoms with Crippen LogP contribution in [0.4, 0.5) is 68.2 Å².